The van der Waals surface area contributed by atoms with E-state index < -0.39 is 6.43 Å². The Hall–Kier alpha value is -1.10. The van der Waals surface area contributed by atoms with E-state index in [0.717, 1.165) is 0 Å². The molecule has 0 saturated carbocycles. The number of hydrogen-bond donors (Lipinski definition) is 1. The number of halogens is 2. The van der Waals surface area contributed by atoms with Gasteiger partial charge in [-0.15, -0.1) is 0 Å². The molecule has 1 heterocycles. The third-order valence-corrected chi connectivity index (χ3v) is 1.13. The minimum absolute atomic E-state index is 0.0839. The Morgan fingerprint density at radius 2 is 2.27 bits per heavy atom. The van der Waals surface area contributed by atoms with Crippen LogP contribution in [0.1, 0.15) is 17.9 Å². The molecule has 0 fully saturated rings. The fourth-order valence-corrected chi connectivity index (χ4v) is 0.635. The average Bonchev–Trinajstić information content (AvgIpc) is 2.05. The summed E-state index contributed by atoms with van der Waals surface area (Å²) >= 11 is 0. The van der Waals surface area contributed by atoms with Gasteiger partial charge in [0.25, 0.3) is 6.43 Å². The van der Waals surface area contributed by atoms with Crippen molar-refractivity contribution in [1.82, 2.24) is 9.97 Å². The Kier molecular flexibility index (Phi) is 2.43. The molecule has 0 atom stereocenters. The first-order valence-corrected chi connectivity index (χ1v) is 3.04. The van der Waals surface area contributed by atoms with Crippen molar-refractivity contribution in [2.45, 2.75) is 13.0 Å². The highest BCUT2D eigenvalue weighted by Crippen LogP contribution is 2.14. The van der Waals surface area contributed by atoms with Gasteiger partial charge in [-0.1, -0.05) is 0 Å². The van der Waals surface area contributed by atoms with Crippen LogP contribution in [0.25, 0.3) is 0 Å². The third kappa shape index (κ3) is 1.91. The topological polar surface area (TPSA) is 51.8 Å². The molecule has 0 amide bonds. The minimum atomic E-state index is -2.55. The number of alkyl halides is 2. The molecule has 0 spiro atoms. The Bertz CT molecular complexity index is 239. The normalized spacial score (nSPS) is 10.5. The molecule has 11 heavy (non-hydrogen) atoms. The molecular formula is C6H7F2N3. The molecule has 5 heteroatoms. The maximum atomic E-state index is 12.0. The second-order valence-electron chi connectivity index (χ2n) is 1.90. The summed E-state index contributed by atoms with van der Waals surface area (Å²) in [7, 11) is 0. The van der Waals surface area contributed by atoms with Gasteiger partial charge in [-0.3, -0.25) is 0 Å². The lowest BCUT2D eigenvalue weighted by Gasteiger charge is -1.98. The first-order chi connectivity index (χ1) is 5.24. The highest BCUT2D eigenvalue weighted by atomic mass is 19.3. The lowest BCUT2D eigenvalue weighted by Crippen LogP contribution is -2.04. The van der Waals surface area contributed by atoms with Crippen molar-refractivity contribution >= 4 is 0 Å². The maximum absolute atomic E-state index is 12.0. The first-order valence-electron chi connectivity index (χ1n) is 3.04. The molecule has 0 bridgehead atoms. The molecule has 60 valence electrons. The molecule has 0 aliphatic carbocycles. The fourth-order valence-electron chi connectivity index (χ4n) is 0.635. The van der Waals surface area contributed by atoms with Gasteiger partial charge in [0, 0.05) is 6.20 Å². The van der Waals surface area contributed by atoms with Crippen LogP contribution in [-0.4, -0.2) is 9.97 Å². The zero-order valence-corrected chi connectivity index (χ0v) is 5.67. The SMILES string of the molecule is NCc1nccc(C(F)F)n1. The Balaban J connectivity index is 2.91. The summed E-state index contributed by atoms with van der Waals surface area (Å²) in [6.45, 7) is 0.0839. The number of hydrogen-bond acceptors (Lipinski definition) is 3. The van der Waals surface area contributed by atoms with Crippen LogP contribution in [0, 0.1) is 0 Å². The minimum Gasteiger partial charge on any atom is -0.324 e. The molecule has 0 aromatic carbocycles. The zero-order chi connectivity index (χ0) is 8.27. The van der Waals surface area contributed by atoms with Crippen LogP contribution in [-0.2, 0) is 6.54 Å². The van der Waals surface area contributed by atoms with E-state index in [2.05, 4.69) is 9.97 Å². The van der Waals surface area contributed by atoms with Gasteiger partial charge in [-0.05, 0) is 6.07 Å². The molecule has 1 rings (SSSR count). The van der Waals surface area contributed by atoms with Gasteiger partial charge in [0.05, 0.1) is 6.54 Å². The van der Waals surface area contributed by atoms with E-state index in [9.17, 15) is 8.78 Å². The lowest BCUT2D eigenvalue weighted by atomic mass is 10.4. The predicted octanol–water partition coefficient (Wildman–Crippen LogP) is 0.873. The molecule has 2 N–H and O–H groups in total. The van der Waals surface area contributed by atoms with Crippen molar-refractivity contribution < 1.29 is 8.78 Å². The quantitative estimate of drug-likeness (QED) is 0.696. The van der Waals surface area contributed by atoms with Crippen molar-refractivity contribution in [1.29, 1.82) is 0 Å². The fraction of sp³-hybridized carbons (Fsp3) is 0.333. The van der Waals surface area contributed by atoms with Crippen molar-refractivity contribution in [3.63, 3.8) is 0 Å². The van der Waals surface area contributed by atoms with Gasteiger partial charge in [0.1, 0.15) is 11.5 Å². The van der Waals surface area contributed by atoms with Crippen LogP contribution < -0.4 is 5.73 Å². The van der Waals surface area contributed by atoms with Crippen LogP contribution in [0.15, 0.2) is 12.3 Å². The standard InChI is InChI=1S/C6H7F2N3/c7-6(8)4-1-2-10-5(3-9)11-4/h1-2,6H,3,9H2. The molecule has 0 radical (unpaired) electrons. The largest absolute Gasteiger partial charge is 0.324 e. The summed E-state index contributed by atoms with van der Waals surface area (Å²) in [5.41, 5.74) is 4.87. The second kappa shape index (κ2) is 3.34. The van der Waals surface area contributed by atoms with E-state index in [4.69, 9.17) is 5.73 Å². The summed E-state index contributed by atoms with van der Waals surface area (Å²) in [5, 5.41) is 0. The van der Waals surface area contributed by atoms with Crippen molar-refractivity contribution in [3.05, 3.63) is 23.8 Å². The Labute approximate surface area is 62.3 Å². The van der Waals surface area contributed by atoms with E-state index in [1.54, 1.807) is 0 Å². The van der Waals surface area contributed by atoms with E-state index in [1.807, 2.05) is 0 Å². The van der Waals surface area contributed by atoms with E-state index in [0.29, 0.717) is 0 Å². The summed E-state index contributed by atoms with van der Waals surface area (Å²) in [6, 6.07) is 1.17. The van der Waals surface area contributed by atoms with Crippen LogP contribution in [0.5, 0.6) is 0 Å². The third-order valence-electron chi connectivity index (χ3n) is 1.13. The molecule has 3 nitrogen and oxygen atoms in total. The number of rotatable bonds is 2. The number of aromatic nitrogens is 2. The predicted molar refractivity (Wildman–Crippen MR) is 34.9 cm³/mol. The Morgan fingerprint density at radius 1 is 1.55 bits per heavy atom. The van der Waals surface area contributed by atoms with Gasteiger partial charge in [-0.25, -0.2) is 18.7 Å². The molecule has 1 aromatic rings. The van der Waals surface area contributed by atoms with E-state index >= 15 is 0 Å². The van der Waals surface area contributed by atoms with Crippen LogP contribution in [0.4, 0.5) is 8.78 Å². The summed E-state index contributed by atoms with van der Waals surface area (Å²) in [6.07, 6.45) is -1.28. The Morgan fingerprint density at radius 3 is 2.82 bits per heavy atom. The van der Waals surface area contributed by atoms with Gasteiger partial charge < -0.3 is 5.73 Å². The van der Waals surface area contributed by atoms with Crippen molar-refractivity contribution in [2.75, 3.05) is 0 Å². The first kappa shape index (κ1) is 8.00. The number of nitrogens with two attached hydrogens (primary N) is 1. The lowest BCUT2D eigenvalue weighted by molar-refractivity contribution is 0.145. The highest BCUT2D eigenvalue weighted by Gasteiger charge is 2.08. The van der Waals surface area contributed by atoms with E-state index in [1.165, 1.54) is 12.3 Å². The zero-order valence-electron chi connectivity index (χ0n) is 5.67. The molecule has 0 aliphatic heterocycles. The molecule has 0 aliphatic rings. The van der Waals surface area contributed by atoms with Gasteiger partial charge in [0.15, 0.2) is 0 Å². The van der Waals surface area contributed by atoms with Gasteiger partial charge in [-0.2, -0.15) is 0 Å². The average molecular weight is 159 g/mol. The van der Waals surface area contributed by atoms with Crippen LogP contribution >= 0.6 is 0 Å². The molecular weight excluding hydrogens is 152 g/mol. The highest BCUT2D eigenvalue weighted by molar-refractivity contribution is 5.03. The molecule has 1 aromatic heterocycles. The summed E-state index contributed by atoms with van der Waals surface area (Å²) in [4.78, 5) is 7.18. The molecule has 0 unspecified atom stereocenters. The van der Waals surface area contributed by atoms with E-state index in [-0.39, 0.29) is 18.1 Å². The van der Waals surface area contributed by atoms with Crippen LogP contribution in [0.3, 0.4) is 0 Å². The van der Waals surface area contributed by atoms with Gasteiger partial charge >= 0.3 is 0 Å². The number of nitrogens with zero attached hydrogens (tertiary/aromatic N) is 2. The van der Waals surface area contributed by atoms with Gasteiger partial charge in [0.2, 0.25) is 0 Å². The second-order valence-corrected chi connectivity index (χ2v) is 1.90. The van der Waals surface area contributed by atoms with Crippen LogP contribution in [0.2, 0.25) is 0 Å². The monoisotopic (exact) mass is 159 g/mol. The summed E-state index contributed by atoms with van der Waals surface area (Å²) in [5.74, 6) is 0.239. The smallest absolute Gasteiger partial charge is 0.280 e. The van der Waals surface area contributed by atoms with Crippen molar-refractivity contribution in [3.8, 4) is 0 Å². The summed E-state index contributed by atoms with van der Waals surface area (Å²) < 4.78 is 23.9. The van der Waals surface area contributed by atoms with Crippen molar-refractivity contribution in [2.24, 2.45) is 5.73 Å². The maximum Gasteiger partial charge on any atom is 0.280 e. The molecule has 0 saturated heterocycles.